The lowest BCUT2D eigenvalue weighted by molar-refractivity contribution is 0.289. The Bertz CT molecular complexity index is 728. The number of unbranched alkanes of at least 4 members (excludes halogenated alkanes) is 2. The second-order valence-corrected chi connectivity index (χ2v) is 9.10. The summed E-state index contributed by atoms with van der Waals surface area (Å²) in [5.41, 5.74) is 0. The molecule has 0 N–H and O–H groups in total. The van der Waals surface area contributed by atoms with Crippen LogP contribution in [-0.4, -0.2) is 39.0 Å². The molecule has 0 saturated heterocycles. The maximum absolute atomic E-state index is 13.4. The minimum atomic E-state index is -3.71. The fourth-order valence-electron chi connectivity index (χ4n) is 2.89. The molecule has 0 aliphatic rings. The predicted octanol–water partition coefficient (Wildman–Crippen LogP) is 5.04. The van der Waals surface area contributed by atoms with Crippen LogP contribution in [0.5, 0.6) is 11.5 Å². The Balaban J connectivity index is 3.17. The number of hydrogen-bond acceptors (Lipinski definition) is 4. The number of nitrogens with zero attached hydrogens (tertiary/aromatic N) is 1. The molecule has 1 aromatic carbocycles. The van der Waals surface area contributed by atoms with E-state index < -0.39 is 10.0 Å². The van der Waals surface area contributed by atoms with Crippen molar-refractivity contribution in [3.05, 3.63) is 43.5 Å². The van der Waals surface area contributed by atoms with Gasteiger partial charge in [0.2, 0.25) is 10.0 Å². The zero-order valence-electron chi connectivity index (χ0n) is 17.7. The van der Waals surface area contributed by atoms with E-state index in [-0.39, 0.29) is 16.9 Å². The maximum Gasteiger partial charge on any atom is 0.247 e. The van der Waals surface area contributed by atoms with Crippen molar-refractivity contribution < 1.29 is 17.9 Å². The molecule has 0 bridgehead atoms. The highest BCUT2D eigenvalue weighted by molar-refractivity contribution is 7.89. The Morgan fingerprint density at radius 1 is 1.14 bits per heavy atom. The summed E-state index contributed by atoms with van der Waals surface area (Å²) in [5, 5.41) is 0. The molecule has 1 atom stereocenters. The summed E-state index contributed by atoms with van der Waals surface area (Å²) < 4.78 is 39.5. The van der Waals surface area contributed by atoms with Gasteiger partial charge in [-0.3, -0.25) is 0 Å². The zero-order chi connectivity index (χ0) is 21.2. The largest absolute Gasteiger partial charge is 0.497 e. The Hall–Kier alpha value is -1.79. The van der Waals surface area contributed by atoms with Gasteiger partial charge in [-0.1, -0.05) is 19.1 Å². The average molecular weight is 410 g/mol. The number of hydrogen-bond donors (Lipinski definition) is 0. The molecule has 28 heavy (non-hydrogen) atoms. The molecule has 6 heteroatoms. The number of methoxy groups -OCH3 is 1. The molecule has 1 aromatic rings. The van der Waals surface area contributed by atoms with Crippen molar-refractivity contribution >= 4 is 10.0 Å². The number of sulfonamides is 1. The van der Waals surface area contributed by atoms with Crippen LogP contribution in [0.2, 0.25) is 0 Å². The third-order valence-corrected chi connectivity index (χ3v) is 6.52. The van der Waals surface area contributed by atoms with Crippen molar-refractivity contribution in [1.29, 1.82) is 0 Å². The van der Waals surface area contributed by atoms with E-state index in [0.29, 0.717) is 24.7 Å². The van der Waals surface area contributed by atoms with Gasteiger partial charge in [0.25, 0.3) is 0 Å². The molecule has 1 rings (SSSR count). The van der Waals surface area contributed by atoms with E-state index in [2.05, 4.69) is 13.2 Å². The third kappa shape index (κ3) is 6.99. The Morgan fingerprint density at radius 2 is 1.86 bits per heavy atom. The van der Waals surface area contributed by atoms with E-state index in [1.807, 2.05) is 32.9 Å². The molecule has 0 fully saturated rings. The topological polar surface area (TPSA) is 55.8 Å². The molecule has 5 nitrogen and oxygen atoms in total. The van der Waals surface area contributed by atoms with E-state index in [1.165, 1.54) is 4.31 Å². The van der Waals surface area contributed by atoms with Crippen LogP contribution in [0, 0.1) is 5.92 Å². The van der Waals surface area contributed by atoms with Crippen LogP contribution in [0.25, 0.3) is 0 Å². The highest BCUT2D eigenvalue weighted by Crippen LogP contribution is 2.32. The van der Waals surface area contributed by atoms with E-state index in [9.17, 15) is 8.42 Å². The fourth-order valence-corrected chi connectivity index (χ4v) is 4.76. The quantitative estimate of drug-likeness (QED) is 0.319. The number of allylic oxidation sites excluding steroid dienone is 2. The Kier molecular flexibility index (Phi) is 10.3. The normalized spacial score (nSPS) is 12.8. The van der Waals surface area contributed by atoms with Crippen molar-refractivity contribution in [3.63, 3.8) is 0 Å². The monoisotopic (exact) mass is 409 g/mol. The van der Waals surface area contributed by atoms with Gasteiger partial charge in [0.1, 0.15) is 16.4 Å². The van der Waals surface area contributed by atoms with Gasteiger partial charge in [0, 0.05) is 18.7 Å². The molecule has 0 amide bonds. The lowest BCUT2D eigenvalue weighted by atomic mass is 10.1. The summed E-state index contributed by atoms with van der Waals surface area (Å²) in [7, 11) is -2.16. The van der Waals surface area contributed by atoms with Gasteiger partial charge in [-0.05, 0) is 57.6 Å². The number of ether oxygens (including phenoxy) is 2. The molecule has 0 saturated carbocycles. The Labute approximate surface area is 171 Å². The molecule has 0 aromatic heterocycles. The van der Waals surface area contributed by atoms with Crippen molar-refractivity contribution in [2.45, 2.75) is 57.4 Å². The van der Waals surface area contributed by atoms with E-state index >= 15 is 0 Å². The first-order chi connectivity index (χ1) is 13.3. The van der Waals surface area contributed by atoms with E-state index in [0.717, 1.165) is 25.7 Å². The average Bonchev–Trinajstić information content (AvgIpc) is 2.65. The number of rotatable bonds is 14. The van der Waals surface area contributed by atoms with Gasteiger partial charge in [-0.2, -0.15) is 4.31 Å². The van der Waals surface area contributed by atoms with E-state index in [4.69, 9.17) is 9.47 Å². The highest BCUT2D eigenvalue weighted by atomic mass is 32.2. The molecular formula is C22H35NO4S. The van der Waals surface area contributed by atoms with Crippen molar-refractivity contribution in [2.75, 3.05) is 20.3 Å². The predicted molar refractivity (Wildman–Crippen MR) is 116 cm³/mol. The maximum atomic E-state index is 13.4. The molecule has 158 valence electrons. The summed E-state index contributed by atoms with van der Waals surface area (Å²) in [6, 6.07) is 4.70. The standard InChI is InChI=1S/C22H35NO4S/c1-7-9-10-11-15-27-21-16-20(26-6)13-14-22(21)28(24,25)23(18(3)4)17-19(5)12-8-2/h7-8,13-14,16,18-19H,1-2,9-12,15,17H2,3-6H3/t19-/m0/s1. The summed E-state index contributed by atoms with van der Waals surface area (Å²) in [6.07, 6.45) is 7.13. The fraction of sp³-hybridized carbons (Fsp3) is 0.545. The molecular weight excluding hydrogens is 374 g/mol. The van der Waals surface area contributed by atoms with Gasteiger partial charge in [0.15, 0.2) is 0 Å². The molecule has 0 radical (unpaired) electrons. The highest BCUT2D eigenvalue weighted by Gasteiger charge is 2.31. The second kappa shape index (κ2) is 11.9. The first-order valence-electron chi connectivity index (χ1n) is 9.82. The summed E-state index contributed by atoms with van der Waals surface area (Å²) in [6.45, 7) is 14.1. The van der Waals surface area contributed by atoms with Crippen LogP contribution in [0.3, 0.4) is 0 Å². The van der Waals surface area contributed by atoms with E-state index in [1.54, 1.807) is 25.3 Å². The van der Waals surface area contributed by atoms with Crippen LogP contribution < -0.4 is 9.47 Å². The van der Waals surface area contributed by atoms with Crippen LogP contribution in [-0.2, 0) is 10.0 Å². The van der Waals surface area contributed by atoms with Gasteiger partial charge < -0.3 is 9.47 Å². The molecule has 0 aliphatic heterocycles. The van der Waals surface area contributed by atoms with Crippen molar-refractivity contribution in [1.82, 2.24) is 4.31 Å². The zero-order valence-corrected chi connectivity index (χ0v) is 18.5. The van der Waals surface area contributed by atoms with Crippen LogP contribution in [0.15, 0.2) is 48.4 Å². The van der Waals surface area contributed by atoms with Gasteiger partial charge >= 0.3 is 0 Å². The smallest absolute Gasteiger partial charge is 0.247 e. The Morgan fingerprint density at radius 3 is 2.43 bits per heavy atom. The lowest BCUT2D eigenvalue weighted by Crippen LogP contribution is -2.40. The minimum Gasteiger partial charge on any atom is -0.497 e. The molecule has 0 heterocycles. The summed E-state index contributed by atoms with van der Waals surface area (Å²) >= 11 is 0. The van der Waals surface area contributed by atoms with Crippen molar-refractivity contribution in [3.8, 4) is 11.5 Å². The minimum absolute atomic E-state index is 0.167. The van der Waals surface area contributed by atoms with Crippen LogP contribution >= 0.6 is 0 Å². The molecule has 0 unspecified atom stereocenters. The second-order valence-electron chi connectivity index (χ2n) is 7.24. The summed E-state index contributed by atoms with van der Waals surface area (Å²) in [5.74, 6) is 1.08. The molecule has 0 aliphatic carbocycles. The lowest BCUT2D eigenvalue weighted by Gasteiger charge is -2.29. The third-order valence-electron chi connectivity index (χ3n) is 4.43. The van der Waals surface area contributed by atoms with Crippen LogP contribution in [0.1, 0.15) is 46.5 Å². The molecule has 0 spiro atoms. The van der Waals surface area contributed by atoms with Gasteiger partial charge in [-0.15, -0.1) is 13.2 Å². The number of benzene rings is 1. The first kappa shape index (κ1) is 24.2. The van der Waals surface area contributed by atoms with Gasteiger partial charge in [0.05, 0.1) is 13.7 Å². The summed E-state index contributed by atoms with van der Waals surface area (Å²) in [4.78, 5) is 0.177. The van der Waals surface area contributed by atoms with Crippen molar-refractivity contribution in [2.24, 2.45) is 5.92 Å². The van der Waals surface area contributed by atoms with Crippen LogP contribution in [0.4, 0.5) is 0 Å². The first-order valence-corrected chi connectivity index (χ1v) is 11.3. The van der Waals surface area contributed by atoms with Gasteiger partial charge in [-0.25, -0.2) is 8.42 Å². The SMILES string of the molecule is C=CCCCCOc1cc(OC)ccc1S(=O)(=O)N(C[C@@H](C)CC=C)C(C)C.